The van der Waals surface area contributed by atoms with Gasteiger partial charge in [0.1, 0.15) is 0 Å². The van der Waals surface area contributed by atoms with Gasteiger partial charge in [-0.25, -0.2) is 0 Å². The largest absolute Gasteiger partial charge is 0.315 e. The van der Waals surface area contributed by atoms with E-state index in [-0.39, 0.29) is 0 Å². The molecule has 2 fully saturated rings. The van der Waals surface area contributed by atoms with Crippen molar-refractivity contribution in [2.45, 2.75) is 17.6 Å². The molecule has 2 rings (SSSR count). The highest BCUT2D eigenvalue weighted by Gasteiger charge is 2.37. The van der Waals surface area contributed by atoms with Crippen molar-refractivity contribution < 1.29 is 0 Å². The first-order valence-electron chi connectivity index (χ1n) is 4.47. The summed E-state index contributed by atoms with van der Waals surface area (Å²) < 4.78 is 0.618. The van der Waals surface area contributed by atoms with Crippen molar-refractivity contribution >= 4 is 11.8 Å². The smallest absolute Gasteiger partial charge is 0.0304 e. The second kappa shape index (κ2) is 3.33. The number of hydrogen-bond acceptors (Lipinski definition) is 3. The van der Waals surface area contributed by atoms with Crippen molar-refractivity contribution in [3.63, 3.8) is 0 Å². The summed E-state index contributed by atoms with van der Waals surface area (Å²) in [5.41, 5.74) is 0. The molecule has 1 atom stereocenters. The third-order valence-electron chi connectivity index (χ3n) is 2.65. The summed E-state index contributed by atoms with van der Waals surface area (Å²) in [6.07, 6.45) is 2.77. The Morgan fingerprint density at radius 2 is 1.82 bits per heavy atom. The Bertz CT molecular complexity index is 124. The van der Waals surface area contributed by atoms with E-state index in [1.54, 1.807) is 0 Å². The summed E-state index contributed by atoms with van der Waals surface area (Å²) in [5.74, 6) is 1.38. The second-order valence-corrected chi connectivity index (χ2v) is 5.02. The number of thioether (sulfide) groups is 1. The van der Waals surface area contributed by atoms with Gasteiger partial charge < -0.3 is 10.6 Å². The zero-order valence-electron chi connectivity index (χ0n) is 6.86. The first-order chi connectivity index (χ1) is 5.41. The standard InChI is InChI=1S/C8H16N2S/c1-3-9-4-5-10-7-8(1)2-6-11-8/h9-10H,1-7H2. The van der Waals surface area contributed by atoms with Crippen molar-refractivity contribution in [2.24, 2.45) is 0 Å². The molecule has 0 aromatic carbocycles. The Kier molecular flexibility index (Phi) is 2.39. The van der Waals surface area contributed by atoms with Gasteiger partial charge >= 0.3 is 0 Å². The third-order valence-corrected chi connectivity index (χ3v) is 4.22. The van der Waals surface area contributed by atoms with E-state index in [9.17, 15) is 0 Å². The van der Waals surface area contributed by atoms with Gasteiger partial charge in [0.25, 0.3) is 0 Å². The minimum absolute atomic E-state index is 0.618. The molecule has 11 heavy (non-hydrogen) atoms. The van der Waals surface area contributed by atoms with E-state index in [0.29, 0.717) is 4.75 Å². The predicted molar refractivity (Wildman–Crippen MR) is 50.2 cm³/mol. The van der Waals surface area contributed by atoms with Crippen molar-refractivity contribution in [1.82, 2.24) is 10.6 Å². The summed E-state index contributed by atoms with van der Waals surface area (Å²) in [6, 6.07) is 0. The van der Waals surface area contributed by atoms with Crippen LogP contribution in [0.2, 0.25) is 0 Å². The zero-order valence-corrected chi connectivity index (χ0v) is 7.67. The molecule has 0 radical (unpaired) electrons. The predicted octanol–water partition coefficient (Wildman–Crippen LogP) is 0.445. The van der Waals surface area contributed by atoms with Crippen LogP contribution in [0.15, 0.2) is 0 Å². The van der Waals surface area contributed by atoms with Gasteiger partial charge in [0.05, 0.1) is 0 Å². The minimum Gasteiger partial charge on any atom is -0.315 e. The molecule has 2 nitrogen and oxygen atoms in total. The summed E-state index contributed by atoms with van der Waals surface area (Å²) in [7, 11) is 0. The van der Waals surface area contributed by atoms with Gasteiger partial charge in [-0.05, 0) is 25.1 Å². The molecule has 2 N–H and O–H groups in total. The van der Waals surface area contributed by atoms with Gasteiger partial charge in [-0.2, -0.15) is 11.8 Å². The number of hydrogen-bond donors (Lipinski definition) is 2. The Hall–Kier alpha value is 0.270. The van der Waals surface area contributed by atoms with E-state index in [4.69, 9.17) is 0 Å². The van der Waals surface area contributed by atoms with Gasteiger partial charge in [-0.1, -0.05) is 0 Å². The summed E-state index contributed by atoms with van der Waals surface area (Å²) in [6.45, 7) is 4.73. The molecule has 64 valence electrons. The maximum absolute atomic E-state index is 3.50. The fourth-order valence-corrected chi connectivity index (χ4v) is 2.98. The van der Waals surface area contributed by atoms with Crippen molar-refractivity contribution in [3.05, 3.63) is 0 Å². The van der Waals surface area contributed by atoms with E-state index in [1.165, 1.54) is 31.7 Å². The number of rotatable bonds is 0. The van der Waals surface area contributed by atoms with Crippen LogP contribution in [-0.2, 0) is 0 Å². The lowest BCUT2D eigenvalue weighted by atomic mass is 9.99. The highest BCUT2D eigenvalue weighted by Crippen LogP contribution is 2.42. The molecular formula is C8H16N2S. The molecule has 0 aliphatic carbocycles. The zero-order chi connectivity index (χ0) is 7.57. The van der Waals surface area contributed by atoms with Crippen LogP contribution in [0.25, 0.3) is 0 Å². The fourth-order valence-electron chi connectivity index (χ4n) is 1.75. The molecule has 0 saturated carbocycles. The molecule has 0 amide bonds. The normalized spacial score (nSPS) is 39.3. The summed E-state index contributed by atoms with van der Waals surface area (Å²) >= 11 is 2.15. The van der Waals surface area contributed by atoms with Gasteiger partial charge in [-0.3, -0.25) is 0 Å². The average Bonchev–Trinajstić information content (AvgIpc) is 1.82. The van der Waals surface area contributed by atoms with Gasteiger partial charge in [0.2, 0.25) is 0 Å². The lowest BCUT2D eigenvalue weighted by Crippen LogP contribution is -2.49. The maximum Gasteiger partial charge on any atom is 0.0304 e. The summed E-state index contributed by atoms with van der Waals surface area (Å²) in [4.78, 5) is 0. The van der Waals surface area contributed by atoms with Crippen LogP contribution in [0.1, 0.15) is 12.8 Å². The summed E-state index contributed by atoms with van der Waals surface area (Å²) in [5, 5.41) is 6.93. The van der Waals surface area contributed by atoms with Gasteiger partial charge in [0.15, 0.2) is 0 Å². The van der Waals surface area contributed by atoms with Crippen molar-refractivity contribution in [2.75, 3.05) is 31.9 Å². The van der Waals surface area contributed by atoms with Gasteiger partial charge in [-0.15, -0.1) is 0 Å². The molecular weight excluding hydrogens is 156 g/mol. The molecule has 1 unspecified atom stereocenters. The van der Waals surface area contributed by atoms with Crippen molar-refractivity contribution in [3.8, 4) is 0 Å². The maximum atomic E-state index is 3.50. The SMILES string of the molecule is C1CNCC2(CCN1)CCS2. The van der Waals surface area contributed by atoms with E-state index in [0.717, 1.165) is 13.1 Å². The number of nitrogens with one attached hydrogen (secondary N) is 2. The van der Waals surface area contributed by atoms with E-state index >= 15 is 0 Å². The Morgan fingerprint density at radius 1 is 1.00 bits per heavy atom. The van der Waals surface area contributed by atoms with E-state index < -0.39 is 0 Å². The molecule has 2 aliphatic rings. The first-order valence-corrected chi connectivity index (χ1v) is 5.45. The highest BCUT2D eigenvalue weighted by molar-refractivity contribution is 8.02. The molecule has 1 spiro atoms. The molecule has 0 bridgehead atoms. The van der Waals surface area contributed by atoms with Crippen LogP contribution in [0.4, 0.5) is 0 Å². The second-order valence-electron chi connectivity index (χ2n) is 3.46. The lowest BCUT2D eigenvalue weighted by Gasteiger charge is -2.42. The monoisotopic (exact) mass is 172 g/mol. The van der Waals surface area contributed by atoms with Crippen LogP contribution in [-0.4, -0.2) is 36.7 Å². The molecule has 0 aromatic heterocycles. The molecule has 0 aromatic rings. The first kappa shape index (κ1) is 7.90. The minimum atomic E-state index is 0.618. The molecule has 2 saturated heterocycles. The Morgan fingerprint density at radius 3 is 2.55 bits per heavy atom. The molecule has 2 aliphatic heterocycles. The van der Waals surface area contributed by atoms with Gasteiger partial charge in [0, 0.05) is 24.4 Å². The van der Waals surface area contributed by atoms with Crippen LogP contribution < -0.4 is 10.6 Å². The van der Waals surface area contributed by atoms with Crippen molar-refractivity contribution in [1.29, 1.82) is 0 Å². The molecule has 2 heterocycles. The highest BCUT2D eigenvalue weighted by atomic mass is 32.2. The molecule has 3 heteroatoms. The van der Waals surface area contributed by atoms with Crippen LogP contribution in [0.3, 0.4) is 0 Å². The van der Waals surface area contributed by atoms with Crippen LogP contribution >= 0.6 is 11.8 Å². The van der Waals surface area contributed by atoms with E-state index in [2.05, 4.69) is 22.4 Å². The topological polar surface area (TPSA) is 24.1 Å². The third kappa shape index (κ3) is 1.71. The van der Waals surface area contributed by atoms with Crippen LogP contribution in [0, 0.1) is 0 Å². The fraction of sp³-hybridized carbons (Fsp3) is 1.00. The Labute approximate surface area is 72.5 Å². The average molecular weight is 172 g/mol. The lowest BCUT2D eigenvalue weighted by molar-refractivity contribution is 0.415. The Balaban J connectivity index is 1.86. The van der Waals surface area contributed by atoms with Crippen LogP contribution in [0.5, 0.6) is 0 Å². The van der Waals surface area contributed by atoms with E-state index in [1.807, 2.05) is 0 Å². The quantitative estimate of drug-likeness (QED) is 0.554.